The first-order valence-electron chi connectivity index (χ1n) is 3.65. The summed E-state index contributed by atoms with van der Waals surface area (Å²) >= 11 is 11.3. The average molecular weight is 212 g/mol. The SMILES string of the molecule is CC=C[Si](Cl)OCCCCCl. The van der Waals surface area contributed by atoms with E-state index in [4.69, 9.17) is 27.1 Å². The highest BCUT2D eigenvalue weighted by Crippen LogP contribution is 1.98. The molecule has 0 N–H and O–H groups in total. The molecule has 0 fully saturated rings. The van der Waals surface area contributed by atoms with Gasteiger partial charge in [-0.3, -0.25) is 0 Å². The Kier molecular flexibility index (Phi) is 8.98. The molecular formula is C7H13Cl2OSi. The summed E-state index contributed by atoms with van der Waals surface area (Å²) in [5.74, 6) is 0.706. The molecule has 0 aromatic heterocycles. The van der Waals surface area contributed by atoms with E-state index in [1.165, 1.54) is 0 Å². The summed E-state index contributed by atoms with van der Waals surface area (Å²) in [6.45, 7) is 2.67. The first-order chi connectivity index (χ1) is 5.31. The molecule has 0 amide bonds. The van der Waals surface area contributed by atoms with Crippen LogP contribution in [0.25, 0.3) is 0 Å². The quantitative estimate of drug-likeness (QED) is 0.285. The summed E-state index contributed by atoms with van der Waals surface area (Å²) in [4.78, 5) is 0. The first-order valence-corrected chi connectivity index (χ1v) is 6.68. The summed E-state index contributed by atoms with van der Waals surface area (Å²) in [5, 5.41) is 0. The van der Waals surface area contributed by atoms with Crippen molar-refractivity contribution in [3.8, 4) is 0 Å². The minimum atomic E-state index is -1.17. The number of allylic oxidation sites excluding steroid dienone is 1. The van der Waals surface area contributed by atoms with Gasteiger partial charge in [-0.1, -0.05) is 11.8 Å². The second kappa shape index (κ2) is 8.59. The molecule has 0 aromatic carbocycles. The fourth-order valence-corrected chi connectivity index (χ4v) is 2.04. The lowest BCUT2D eigenvalue weighted by atomic mass is 10.4. The molecule has 0 rings (SSSR count). The molecule has 0 atom stereocenters. The number of halogens is 2. The molecule has 0 heterocycles. The van der Waals surface area contributed by atoms with Gasteiger partial charge < -0.3 is 4.43 Å². The van der Waals surface area contributed by atoms with E-state index in [2.05, 4.69) is 0 Å². The van der Waals surface area contributed by atoms with Gasteiger partial charge in [-0.2, -0.15) is 0 Å². The maximum atomic E-state index is 5.82. The number of unbranched alkanes of at least 4 members (excludes halogenated alkanes) is 1. The molecule has 0 unspecified atom stereocenters. The van der Waals surface area contributed by atoms with Crippen molar-refractivity contribution < 1.29 is 4.43 Å². The molecule has 0 saturated heterocycles. The lowest BCUT2D eigenvalue weighted by molar-refractivity contribution is 0.327. The van der Waals surface area contributed by atoms with E-state index >= 15 is 0 Å². The Morgan fingerprint density at radius 2 is 2.18 bits per heavy atom. The van der Waals surface area contributed by atoms with Gasteiger partial charge in [0.25, 0.3) is 0 Å². The fourth-order valence-electron chi connectivity index (χ4n) is 0.545. The molecule has 1 nitrogen and oxygen atoms in total. The highest BCUT2D eigenvalue weighted by atomic mass is 35.6. The van der Waals surface area contributed by atoms with E-state index in [1.807, 2.05) is 18.7 Å². The van der Waals surface area contributed by atoms with E-state index in [-0.39, 0.29) is 0 Å². The third-order valence-corrected chi connectivity index (χ3v) is 3.11. The van der Waals surface area contributed by atoms with Crippen LogP contribution in [0, 0.1) is 0 Å². The summed E-state index contributed by atoms with van der Waals surface area (Å²) in [5.41, 5.74) is 1.91. The van der Waals surface area contributed by atoms with Crippen molar-refractivity contribution in [2.45, 2.75) is 19.8 Å². The zero-order chi connectivity index (χ0) is 8.53. The first kappa shape index (κ1) is 11.5. The lowest BCUT2D eigenvalue weighted by Gasteiger charge is -2.02. The van der Waals surface area contributed by atoms with Gasteiger partial charge in [0, 0.05) is 12.5 Å². The van der Waals surface area contributed by atoms with Crippen molar-refractivity contribution in [3.05, 3.63) is 11.8 Å². The second-order valence-corrected chi connectivity index (χ2v) is 4.77. The van der Waals surface area contributed by atoms with Crippen molar-refractivity contribution in [1.82, 2.24) is 0 Å². The van der Waals surface area contributed by atoms with Crippen molar-refractivity contribution in [3.63, 3.8) is 0 Å². The predicted molar refractivity (Wildman–Crippen MR) is 52.3 cm³/mol. The van der Waals surface area contributed by atoms with Gasteiger partial charge >= 0.3 is 8.35 Å². The Morgan fingerprint density at radius 3 is 2.73 bits per heavy atom. The standard InChI is InChI=1S/C7H13Cl2OSi/c1-2-7-11(9)10-6-4-3-5-8/h2,7H,3-6H2,1H3. The van der Waals surface area contributed by atoms with Crippen LogP contribution in [0.5, 0.6) is 0 Å². The van der Waals surface area contributed by atoms with Crippen LogP contribution in [-0.4, -0.2) is 20.8 Å². The van der Waals surface area contributed by atoms with Crippen LogP contribution in [0.3, 0.4) is 0 Å². The Balaban J connectivity index is 3.10. The van der Waals surface area contributed by atoms with E-state index in [0.29, 0.717) is 5.88 Å². The van der Waals surface area contributed by atoms with E-state index < -0.39 is 8.35 Å². The maximum absolute atomic E-state index is 5.82. The summed E-state index contributed by atoms with van der Waals surface area (Å²) < 4.78 is 5.31. The summed E-state index contributed by atoms with van der Waals surface area (Å²) in [6, 6.07) is 0. The third-order valence-electron chi connectivity index (χ3n) is 1.07. The highest BCUT2D eigenvalue weighted by Gasteiger charge is 2.02. The van der Waals surface area contributed by atoms with Gasteiger partial charge in [0.2, 0.25) is 0 Å². The van der Waals surface area contributed by atoms with Gasteiger partial charge in [0.1, 0.15) is 0 Å². The Labute approximate surface area is 79.8 Å². The number of hydrogen-bond donors (Lipinski definition) is 0. The zero-order valence-corrected chi connectivity index (χ0v) is 9.16. The third kappa shape index (κ3) is 8.40. The molecule has 65 valence electrons. The smallest absolute Gasteiger partial charge is 0.351 e. The molecule has 0 aliphatic rings. The monoisotopic (exact) mass is 211 g/mol. The largest absolute Gasteiger partial charge is 0.400 e. The second-order valence-electron chi connectivity index (χ2n) is 2.05. The molecule has 0 aliphatic carbocycles. The Hall–Kier alpha value is 0.497. The number of hydrogen-bond acceptors (Lipinski definition) is 1. The number of rotatable bonds is 6. The van der Waals surface area contributed by atoms with Crippen LogP contribution >= 0.6 is 22.7 Å². The average Bonchev–Trinajstić information content (AvgIpc) is 1.99. The number of alkyl halides is 1. The van der Waals surface area contributed by atoms with E-state index in [1.54, 1.807) is 0 Å². The Bertz CT molecular complexity index is 109. The van der Waals surface area contributed by atoms with Crippen LogP contribution in [0.2, 0.25) is 0 Å². The Morgan fingerprint density at radius 1 is 1.45 bits per heavy atom. The van der Waals surface area contributed by atoms with Gasteiger partial charge in [-0.05, 0) is 19.8 Å². The maximum Gasteiger partial charge on any atom is 0.351 e. The molecule has 0 spiro atoms. The summed E-state index contributed by atoms with van der Waals surface area (Å²) in [6.07, 6.45) is 3.92. The molecule has 0 aliphatic heterocycles. The van der Waals surface area contributed by atoms with Crippen LogP contribution in [-0.2, 0) is 4.43 Å². The van der Waals surface area contributed by atoms with Crippen molar-refractivity contribution in [2.24, 2.45) is 0 Å². The topological polar surface area (TPSA) is 9.23 Å². The van der Waals surface area contributed by atoms with Crippen LogP contribution in [0.15, 0.2) is 11.8 Å². The fraction of sp³-hybridized carbons (Fsp3) is 0.714. The lowest BCUT2D eigenvalue weighted by Crippen LogP contribution is -2.08. The van der Waals surface area contributed by atoms with Crippen LogP contribution < -0.4 is 0 Å². The minimum Gasteiger partial charge on any atom is -0.400 e. The van der Waals surface area contributed by atoms with Crippen LogP contribution in [0.1, 0.15) is 19.8 Å². The van der Waals surface area contributed by atoms with E-state index in [9.17, 15) is 0 Å². The van der Waals surface area contributed by atoms with Crippen molar-refractivity contribution >= 4 is 31.0 Å². The molecular weight excluding hydrogens is 199 g/mol. The molecule has 0 aromatic rings. The molecule has 0 bridgehead atoms. The molecule has 1 radical (unpaired) electrons. The van der Waals surface area contributed by atoms with Gasteiger partial charge in [-0.15, -0.1) is 22.7 Å². The molecule has 0 saturated carbocycles. The van der Waals surface area contributed by atoms with Gasteiger partial charge in [-0.25, -0.2) is 0 Å². The predicted octanol–water partition coefficient (Wildman–Crippen LogP) is 2.86. The van der Waals surface area contributed by atoms with Gasteiger partial charge in [0.15, 0.2) is 0 Å². The highest BCUT2D eigenvalue weighted by molar-refractivity contribution is 7.06. The molecule has 11 heavy (non-hydrogen) atoms. The summed E-state index contributed by atoms with van der Waals surface area (Å²) in [7, 11) is -1.17. The minimum absolute atomic E-state index is 0.706. The molecule has 4 heteroatoms. The van der Waals surface area contributed by atoms with E-state index in [0.717, 1.165) is 19.4 Å². The van der Waals surface area contributed by atoms with Crippen molar-refractivity contribution in [1.29, 1.82) is 0 Å². The van der Waals surface area contributed by atoms with Crippen molar-refractivity contribution in [2.75, 3.05) is 12.5 Å². The van der Waals surface area contributed by atoms with Gasteiger partial charge in [0.05, 0.1) is 0 Å². The normalized spacial score (nSPS) is 11.6. The van der Waals surface area contributed by atoms with Crippen LogP contribution in [0.4, 0.5) is 0 Å². The zero-order valence-electron chi connectivity index (χ0n) is 6.65.